The number of hydrogen-bond acceptors (Lipinski definition) is 1. The Morgan fingerprint density at radius 3 is 2.61 bits per heavy atom. The summed E-state index contributed by atoms with van der Waals surface area (Å²) in [5, 5.41) is 2.97. The molecule has 1 nitrogen and oxygen atoms in total. The molecule has 0 radical (unpaired) electrons. The third-order valence-electron chi connectivity index (χ3n) is 2.41. The Bertz CT molecular complexity index is 445. The quantitative estimate of drug-likeness (QED) is 0.646. The average Bonchev–Trinajstić information content (AvgIpc) is 2.27. The van der Waals surface area contributed by atoms with E-state index in [1.807, 2.05) is 6.92 Å². The van der Waals surface area contributed by atoms with Crippen LogP contribution in [-0.4, -0.2) is 6.04 Å². The van der Waals surface area contributed by atoms with Crippen LogP contribution in [0, 0.1) is 18.2 Å². The Labute approximate surface area is 103 Å². The van der Waals surface area contributed by atoms with Gasteiger partial charge in [-0.15, -0.1) is 12.3 Å². The second kappa shape index (κ2) is 5.87. The van der Waals surface area contributed by atoms with Gasteiger partial charge in [-0.1, -0.05) is 6.07 Å². The van der Waals surface area contributed by atoms with Crippen molar-refractivity contribution in [2.24, 2.45) is 0 Å². The lowest BCUT2D eigenvalue weighted by Gasteiger charge is -2.13. The average molecular weight is 259 g/mol. The summed E-state index contributed by atoms with van der Waals surface area (Å²) in [6, 6.07) is 2.95. The number of alkyl halides is 3. The van der Waals surface area contributed by atoms with Gasteiger partial charge in [-0.3, -0.25) is 0 Å². The van der Waals surface area contributed by atoms with Gasteiger partial charge in [0.15, 0.2) is 0 Å². The fraction of sp³-hybridized carbons (Fsp3) is 0.385. The van der Waals surface area contributed by atoms with Crippen molar-refractivity contribution in [3.8, 4) is 12.3 Å². The maximum atomic E-state index is 13.0. The maximum Gasteiger partial charge on any atom is 0.419 e. The van der Waals surface area contributed by atoms with E-state index in [9.17, 15) is 17.6 Å². The SMILES string of the molecule is C#CCC(C)NCc1ccc(F)c(C(F)(F)F)c1. The molecule has 18 heavy (non-hydrogen) atoms. The molecule has 0 heterocycles. The van der Waals surface area contributed by atoms with Crippen LogP contribution in [0.1, 0.15) is 24.5 Å². The first kappa shape index (κ1) is 14.5. The summed E-state index contributed by atoms with van der Waals surface area (Å²) < 4.78 is 50.4. The van der Waals surface area contributed by atoms with Crippen molar-refractivity contribution in [2.75, 3.05) is 0 Å². The summed E-state index contributed by atoms with van der Waals surface area (Å²) in [7, 11) is 0. The van der Waals surface area contributed by atoms with E-state index in [1.165, 1.54) is 6.07 Å². The van der Waals surface area contributed by atoms with Gasteiger partial charge in [0, 0.05) is 19.0 Å². The van der Waals surface area contributed by atoms with Crippen molar-refractivity contribution in [2.45, 2.75) is 32.1 Å². The minimum Gasteiger partial charge on any atom is -0.309 e. The van der Waals surface area contributed by atoms with Gasteiger partial charge in [-0.05, 0) is 24.6 Å². The van der Waals surface area contributed by atoms with Crippen LogP contribution in [-0.2, 0) is 12.7 Å². The van der Waals surface area contributed by atoms with E-state index in [0.717, 1.165) is 12.1 Å². The number of hydrogen-bond donors (Lipinski definition) is 1. The van der Waals surface area contributed by atoms with Crippen LogP contribution in [0.15, 0.2) is 18.2 Å². The summed E-state index contributed by atoms with van der Waals surface area (Å²) in [5.41, 5.74) is -0.876. The molecular weight excluding hydrogens is 246 g/mol. The Kier molecular flexibility index (Phi) is 4.74. The van der Waals surface area contributed by atoms with Crippen LogP contribution in [0.5, 0.6) is 0 Å². The molecule has 98 valence electrons. The summed E-state index contributed by atoms with van der Waals surface area (Å²) >= 11 is 0. The van der Waals surface area contributed by atoms with E-state index in [2.05, 4.69) is 11.2 Å². The Morgan fingerprint density at radius 2 is 2.06 bits per heavy atom. The Morgan fingerprint density at radius 1 is 1.39 bits per heavy atom. The molecule has 1 N–H and O–H groups in total. The van der Waals surface area contributed by atoms with Gasteiger partial charge in [0.25, 0.3) is 0 Å². The van der Waals surface area contributed by atoms with Crippen LogP contribution in [0.4, 0.5) is 17.6 Å². The molecule has 0 spiro atoms. The second-order valence-electron chi connectivity index (χ2n) is 4.00. The van der Waals surface area contributed by atoms with E-state index in [1.54, 1.807) is 0 Å². The van der Waals surface area contributed by atoms with Crippen molar-refractivity contribution in [3.63, 3.8) is 0 Å². The third-order valence-corrected chi connectivity index (χ3v) is 2.41. The highest BCUT2D eigenvalue weighted by Gasteiger charge is 2.34. The van der Waals surface area contributed by atoms with E-state index in [4.69, 9.17) is 6.42 Å². The van der Waals surface area contributed by atoms with E-state index in [-0.39, 0.29) is 12.6 Å². The van der Waals surface area contributed by atoms with Crippen LogP contribution >= 0.6 is 0 Å². The molecule has 1 aromatic carbocycles. The van der Waals surface area contributed by atoms with Gasteiger partial charge >= 0.3 is 6.18 Å². The molecule has 1 rings (SSSR count). The highest BCUT2D eigenvalue weighted by Crippen LogP contribution is 2.31. The summed E-state index contributed by atoms with van der Waals surface area (Å²) in [6.45, 7) is 2.04. The zero-order valence-electron chi connectivity index (χ0n) is 9.81. The van der Waals surface area contributed by atoms with Crippen LogP contribution in [0.25, 0.3) is 0 Å². The lowest BCUT2D eigenvalue weighted by atomic mass is 10.1. The largest absolute Gasteiger partial charge is 0.419 e. The van der Waals surface area contributed by atoms with Gasteiger partial charge in [0.2, 0.25) is 0 Å². The van der Waals surface area contributed by atoms with Crippen molar-refractivity contribution in [1.29, 1.82) is 0 Å². The molecule has 0 saturated heterocycles. The third kappa shape index (κ3) is 4.04. The molecule has 0 aliphatic heterocycles. The van der Waals surface area contributed by atoms with Crippen LogP contribution < -0.4 is 5.32 Å². The molecule has 0 aliphatic rings. The molecule has 0 bridgehead atoms. The monoisotopic (exact) mass is 259 g/mol. The van der Waals surface area contributed by atoms with E-state index in [0.29, 0.717) is 12.0 Å². The van der Waals surface area contributed by atoms with E-state index < -0.39 is 17.6 Å². The first-order valence-corrected chi connectivity index (χ1v) is 5.37. The first-order chi connectivity index (χ1) is 8.34. The number of rotatable bonds is 4. The standard InChI is InChI=1S/C13H13F4N/c1-3-4-9(2)18-8-10-5-6-12(14)11(7-10)13(15,16)17/h1,5-7,9,18H,4,8H2,2H3. The van der Waals surface area contributed by atoms with Gasteiger partial charge in [-0.2, -0.15) is 13.2 Å². The van der Waals surface area contributed by atoms with Crippen LogP contribution in [0.2, 0.25) is 0 Å². The summed E-state index contributed by atoms with van der Waals surface area (Å²) in [5.74, 6) is 1.18. The molecule has 5 heteroatoms. The van der Waals surface area contributed by atoms with Gasteiger partial charge in [-0.25, -0.2) is 4.39 Å². The van der Waals surface area contributed by atoms with Crippen molar-refractivity contribution in [1.82, 2.24) is 5.32 Å². The smallest absolute Gasteiger partial charge is 0.309 e. The topological polar surface area (TPSA) is 12.0 Å². The van der Waals surface area contributed by atoms with Gasteiger partial charge < -0.3 is 5.32 Å². The Balaban J connectivity index is 2.77. The predicted octanol–water partition coefficient (Wildman–Crippen LogP) is 3.35. The van der Waals surface area contributed by atoms with Crippen molar-refractivity contribution in [3.05, 3.63) is 35.1 Å². The molecule has 1 aromatic rings. The summed E-state index contributed by atoms with van der Waals surface area (Å²) in [4.78, 5) is 0. The lowest BCUT2D eigenvalue weighted by molar-refractivity contribution is -0.140. The number of halogens is 4. The minimum absolute atomic E-state index is 0.00519. The predicted molar refractivity (Wildman–Crippen MR) is 61.2 cm³/mol. The fourth-order valence-electron chi connectivity index (χ4n) is 1.44. The first-order valence-electron chi connectivity index (χ1n) is 5.37. The minimum atomic E-state index is -4.68. The van der Waals surface area contributed by atoms with Crippen molar-refractivity contribution >= 4 is 0 Å². The molecule has 0 saturated carbocycles. The zero-order chi connectivity index (χ0) is 13.8. The molecule has 1 atom stereocenters. The lowest BCUT2D eigenvalue weighted by Crippen LogP contribution is -2.25. The summed E-state index contributed by atoms with van der Waals surface area (Å²) in [6.07, 6.45) is 0.915. The highest BCUT2D eigenvalue weighted by atomic mass is 19.4. The highest BCUT2D eigenvalue weighted by molar-refractivity contribution is 5.27. The molecule has 1 unspecified atom stereocenters. The fourth-order valence-corrected chi connectivity index (χ4v) is 1.44. The van der Waals surface area contributed by atoms with Gasteiger partial charge in [0.05, 0.1) is 5.56 Å². The van der Waals surface area contributed by atoms with E-state index >= 15 is 0 Å². The molecular formula is C13H13F4N. The zero-order valence-corrected chi connectivity index (χ0v) is 9.81. The molecule has 0 fully saturated rings. The molecule has 0 aliphatic carbocycles. The molecule has 0 amide bonds. The van der Waals surface area contributed by atoms with Crippen LogP contribution in [0.3, 0.4) is 0 Å². The normalized spacial score (nSPS) is 13.1. The number of nitrogens with one attached hydrogen (secondary N) is 1. The maximum absolute atomic E-state index is 13.0. The number of terminal acetylenes is 1. The molecule has 0 aromatic heterocycles. The van der Waals surface area contributed by atoms with Gasteiger partial charge in [0.1, 0.15) is 5.82 Å². The second-order valence-corrected chi connectivity index (χ2v) is 4.00. The van der Waals surface area contributed by atoms with Crippen molar-refractivity contribution < 1.29 is 17.6 Å². The number of benzene rings is 1. The Hall–Kier alpha value is -1.54.